The molecule has 6 nitrogen and oxygen atoms in total. The number of aliphatic hydroxyl groups is 1. The second kappa shape index (κ2) is 13.2. The maximum Gasteiger partial charge on any atom is 0.407 e. The number of aliphatic hydroxyl groups excluding tert-OH is 1. The Morgan fingerprint density at radius 2 is 1.83 bits per heavy atom. The highest BCUT2D eigenvalue weighted by molar-refractivity contribution is 5.68. The Kier molecular flexibility index (Phi) is 13.7. The molecule has 1 aliphatic rings. The minimum Gasteiger partial charge on any atom is -0.471 e. The zero-order valence-electron chi connectivity index (χ0n) is 15.7. The third-order valence-electron chi connectivity index (χ3n) is 3.19. The Balaban J connectivity index is 0. The zero-order chi connectivity index (χ0) is 18.5. The SMILES string of the molecule is CC.CC(O)C(CC1CCC1)NC(=O)OC(C)(C)C.COC=O. The zero-order valence-corrected chi connectivity index (χ0v) is 15.7. The van der Waals surface area contributed by atoms with Gasteiger partial charge in [-0.3, -0.25) is 4.79 Å². The van der Waals surface area contributed by atoms with Gasteiger partial charge in [-0.1, -0.05) is 33.1 Å². The fourth-order valence-corrected chi connectivity index (χ4v) is 1.92. The molecule has 0 radical (unpaired) electrons. The number of rotatable bonds is 5. The van der Waals surface area contributed by atoms with Gasteiger partial charge in [0.2, 0.25) is 0 Å². The number of hydrogen-bond acceptors (Lipinski definition) is 5. The molecule has 0 aromatic carbocycles. The third kappa shape index (κ3) is 14.0. The Hall–Kier alpha value is -1.30. The predicted molar refractivity (Wildman–Crippen MR) is 91.2 cm³/mol. The highest BCUT2D eigenvalue weighted by Crippen LogP contribution is 2.31. The number of alkyl carbamates (subject to hydrolysis) is 1. The Labute approximate surface area is 140 Å². The summed E-state index contributed by atoms with van der Waals surface area (Å²) in [6.07, 6.45) is 3.55. The smallest absolute Gasteiger partial charge is 0.407 e. The summed E-state index contributed by atoms with van der Waals surface area (Å²) in [6, 6.07) is -0.199. The predicted octanol–water partition coefficient (Wildman–Crippen LogP) is 3.27. The van der Waals surface area contributed by atoms with Crippen LogP contribution in [0, 0.1) is 5.92 Å². The molecule has 0 aromatic heterocycles. The van der Waals surface area contributed by atoms with Gasteiger partial charge < -0.3 is 19.9 Å². The van der Waals surface area contributed by atoms with Gasteiger partial charge >= 0.3 is 6.09 Å². The van der Waals surface area contributed by atoms with Crippen LogP contribution in [0.4, 0.5) is 4.79 Å². The van der Waals surface area contributed by atoms with Crippen LogP contribution in [0.5, 0.6) is 0 Å². The quantitative estimate of drug-likeness (QED) is 0.754. The van der Waals surface area contributed by atoms with Crippen LogP contribution in [0.25, 0.3) is 0 Å². The van der Waals surface area contributed by atoms with E-state index in [1.54, 1.807) is 6.92 Å². The summed E-state index contributed by atoms with van der Waals surface area (Å²) in [5, 5.41) is 12.4. The van der Waals surface area contributed by atoms with Crippen LogP contribution in [0.2, 0.25) is 0 Å². The van der Waals surface area contributed by atoms with E-state index < -0.39 is 17.8 Å². The molecule has 1 fully saturated rings. The van der Waals surface area contributed by atoms with Gasteiger partial charge in [0.1, 0.15) is 5.60 Å². The summed E-state index contributed by atoms with van der Waals surface area (Å²) in [6.45, 7) is 11.6. The van der Waals surface area contributed by atoms with E-state index in [-0.39, 0.29) is 6.04 Å². The minimum absolute atomic E-state index is 0.199. The lowest BCUT2D eigenvalue weighted by molar-refractivity contribution is -0.126. The summed E-state index contributed by atoms with van der Waals surface area (Å²) in [5.74, 6) is 0.643. The molecule has 0 bridgehead atoms. The van der Waals surface area contributed by atoms with E-state index in [2.05, 4.69) is 10.1 Å². The van der Waals surface area contributed by atoms with Crippen molar-refractivity contribution in [3.05, 3.63) is 0 Å². The largest absolute Gasteiger partial charge is 0.471 e. The van der Waals surface area contributed by atoms with E-state index in [4.69, 9.17) is 9.53 Å². The van der Waals surface area contributed by atoms with Crippen LogP contribution in [0.3, 0.4) is 0 Å². The highest BCUT2D eigenvalue weighted by atomic mass is 16.6. The van der Waals surface area contributed by atoms with Gasteiger partial charge in [0, 0.05) is 0 Å². The topological polar surface area (TPSA) is 84.9 Å². The third-order valence-corrected chi connectivity index (χ3v) is 3.19. The highest BCUT2D eigenvalue weighted by Gasteiger charge is 2.27. The van der Waals surface area contributed by atoms with Crippen LogP contribution < -0.4 is 5.32 Å². The van der Waals surface area contributed by atoms with E-state index in [0.717, 1.165) is 6.42 Å². The molecule has 0 aromatic rings. The van der Waals surface area contributed by atoms with Gasteiger partial charge in [-0.15, -0.1) is 0 Å². The fourth-order valence-electron chi connectivity index (χ4n) is 1.92. The Morgan fingerprint density at radius 1 is 1.35 bits per heavy atom. The summed E-state index contributed by atoms with van der Waals surface area (Å²) in [5.41, 5.74) is -0.496. The van der Waals surface area contributed by atoms with Crippen molar-refractivity contribution >= 4 is 12.6 Å². The van der Waals surface area contributed by atoms with Crippen molar-refractivity contribution in [1.82, 2.24) is 5.32 Å². The number of amides is 1. The normalized spacial score (nSPS) is 16.2. The summed E-state index contributed by atoms with van der Waals surface area (Å²) >= 11 is 0. The number of carbonyl (C=O) groups is 2. The average molecular weight is 333 g/mol. The van der Waals surface area contributed by atoms with Crippen molar-refractivity contribution in [2.24, 2.45) is 5.92 Å². The monoisotopic (exact) mass is 333 g/mol. The molecule has 2 atom stereocenters. The van der Waals surface area contributed by atoms with Crippen molar-refractivity contribution in [1.29, 1.82) is 0 Å². The van der Waals surface area contributed by atoms with Crippen molar-refractivity contribution in [2.45, 2.75) is 85.0 Å². The lowest BCUT2D eigenvalue weighted by Crippen LogP contribution is -2.46. The molecule has 138 valence electrons. The summed E-state index contributed by atoms with van der Waals surface area (Å²) in [4.78, 5) is 20.6. The fraction of sp³-hybridized carbons (Fsp3) is 0.882. The van der Waals surface area contributed by atoms with Crippen LogP contribution in [0.15, 0.2) is 0 Å². The second-order valence-electron chi connectivity index (χ2n) is 6.36. The molecule has 1 saturated carbocycles. The molecular weight excluding hydrogens is 298 g/mol. The maximum absolute atomic E-state index is 11.6. The molecule has 0 spiro atoms. The van der Waals surface area contributed by atoms with Gasteiger partial charge in [0.05, 0.1) is 19.3 Å². The molecule has 6 heteroatoms. The van der Waals surface area contributed by atoms with Gasteiger partial charge in [-0.05, 0) is 40.0 Å². The van der Waals surface area contributed by atoms with Crippen LogP contribution in [-0.2, 0) is 14.3 Å². The van der Waals surface area contributed by atoms with Gasteiger partial charge in [0.15, 0.2) is 0 Å². The van der Waals surface area contributed by atoms with Crippen LogP contribution in [0.1, 0.15) is 67.2 Å². The average Bonchev–Trinajstić information content (AvgIpc) is 2.41. The second-order valence-corrected chi connectivity index (χ2v) is 6.36. The van der Waals surface area contributed by atoms with Gasteiger partial charge in [-0.25, -0.2) is 4.79 Å². The molecular formula is C17H35NO5. The van der Waals surface area contributed by atoms with E-state index in [9.17, 15) is 9.90 Å². The maximum atomic E-state index is 11.6. The van der Waals surface area contributed by atoms with Crippen molar-refractivity contribution in [3.63, 3.8) is 0 Å². The lowest BCUT2D eigenvalue weighted by Gasteiger charge is -2.32. The molecule has 1 aliphatic carbocycles. The Morgan fingerprint density at radius 3 is 2.09 bits per heavy atom. The van der Waals surface area contributed by atoms with Crippen LogP contribution in [-0.4, -0.2) is 42.5 Å². The molecule has 0 heterocycles. The van der Waals surface area contributed by atoms with Crippen molar-refractivity contribution < 1.29 is 24.2 Å². The first-order valence-electron chi connectivity index (χ1n) is 8.33. The van der Waals surface area contributed by atoms with Gasteiger partial charge in [0.25, 0.3) is 6.47 Å². The molecule has 0 saturated heterocycles. The van der Waals surface area contributed by atoms with Crippen LogP contribution >= 0.6 is 0 Å². The molecule has 2 unspecified atom stereocenters. The molecule has 23 heavy (non-hydrogen) atoms. The molecule has 1 amide bonds. The molecule has 1 rings (SSSR count). The van der Waals surface area contributed by atoms with Crippen molar-refractivity contribution in [2.75, 3.05) is 7.11 Å². The standard InChI is InChI=1S/C13H25NO3.C2H4O2.C2H6/c1-9(15)11(8-10-6-5-7-10)14-12(16)17-13(2,3)4;1-4-2-3;1-2/h9-11,15H,5-8H2,1-4H3,(H,14,16);2H,1H3;1-2H3. The van der Waals surface area contributed by atoms with E-state index in [1.807, 2.05) is 34.6 Å². The number of hydrogen-bond donors (Lipinski definition) is 2. The summed E-state index contributed by atoms with van der Waals surface area (Å²) in [7, 11) is 1.31. The lowest BCUT2D eigenvalue weighted by atomic mass is 9.80. The minimum atomic E-state index is -0.539. The Bertz CT molecular complexity index is 309. The molecule has 2 N–H and O–H groups in total. The van der Waals surface area contributed by atoms with E-state index >= 15 is 0 Å². The number of ether oxygens (including phenoxy) is 2. The summed E-state index contributed by atoms with van der Waals surface area (Å²) < 4.78 is 9.05. The first-order chi connectivity index (χ1) is 10.7. The van der Waals surface area contributed by atoms with E-state index in [1.165, 1.54) is 26.4 Å². The first kappa shape index (κ1) is 24.0. The number of nitrogens with one attached hydrogen (secondary N) is 1. The molecule has 0 aliphatic heterocycles. The number of carbonyl (C=O) groups excluding carboxylic acids is 2. The first-order valence-corrected chi connectivity index (χ1v) is 8.33. The van der Waals surface area contributed by atoms with Gasteiger partial charge in [-0.2, -0.15) is 0 Å². The number of methoxy groups -OCH3 is 1. The van der Waals surface area contributed by atoms with Crippen molar-refractivity contribution in [3.8, 4) is 0 Å². The van der Waals surface area contributed by atoms with E-state index in [0.29, 0.717) is 12.4 Å².